The average Bonchev–Trinajstić information content (AvgIpc) is 2.76. The van der Waals surface area contributed by atoms with Crippen molar-refractivity contribution in [2.24, 2.45) is 5.92 Å². The number of thioether (sulfide) groups is 1. The summed E-state index contributed by atoms with van der Waals surface area (Å²) in [5.41, 5.74) is 0.625. The number of phenolic OH excluding ortho intramolecular Hbond substituents is 1. The zero-order valence-corrected chi connectivity index (χ0v) is 14.9. The molecule has 1 N–H and O–H groups in total. The lowest BCUT2D eigenvalue weighted by molar-refractivity contribution is -0.311. The third-order valence-corrected chi connectivity index (χ3v) is 4.81. The molecule has 1 heterocycles. The van der Waals surface area contributed by atoms with Crippen molar-refractivity contribution < 1.29 is 24.5 Å². The molecule has 0 spiro atoms. The third kappa shape index (κ3) is 3.54. The number of thiocarbonyl (C=S) groups is 1. The van der Waals surface area contributed by atoms with E-state index in [-0.39, 0.29) is 21.7 Å². The lowest BCUT2D eigenvalue weighted by atomic mass is 10.0. The molecule has 2 rings (SSSR count). The first-order valence-corrected chi connectivity index (χ1v) is 8.33. The van der Waals surface area contributed by atoms with Crippen LogP contribution >= 0.6 is 24.0 Å². The number of hydrogen-bond donors (Lipinski definition) is 1. The quantitative estimate of drug-likeness (QED) is 0.622. The van der Waals surface area contributed by atoms with Crippen LogP contribution < -0.4 is 9.84 Å². The maximum Gasteiger partial charge on any atom is 0.266 e. The Labute approximate surface area is 149 Å². The van der Waals surface area contributed by atoms with Gasteiger partial charge >= 0.3 is 0 Å². The lowest BCUT2D eigenvalue weighted by Crippen LogP contribution is -2.52. The zero-order valence-electron chi connectivity index (χ0n) is 13.3. The van der Waals surface area contributed by atoms with E-state index in [4.69, 9.17) is 17.0 Å². The van der Waals surface area contributed by atoms with E-state index in [1.165, 1.54) is 13.2 Å². The smallest absolute Gasteiger partial charge is 0.266 e. The Morgan fingerprint density at radius 1 is 1.46 bits per heavy atom. The van der Waals surface area contributed by atoms with Crippen LogP contribution in [0.4, 0.5) is 0 Å². The predicted octanol–water partition coefficient (Wildman–Crippen LogP) is 1.38. The molecule has 1 saturated heterocycles. The van der Waals surface area contributed by atoms with Gasteiger partial charge in [-0.2, -0.15) is 0 Å². The summed E-state index contributed by atoms with van der Waals surface area (Å²) in [4.78, 5) is 25.3. The van der Waals surface area contributed by atoms with Crippen LogP contribution in [0.25, 0.3) is 6.08 Å². The number of phenols is 1. The van der Waals surface area contributed by atoms with Gasteiger partial charge in [-0.1, -0.05) is 43.9 Å². The van der Waals surface area contributed by atoms with E-state index in [0.717, 1.165) is 16.7 Å². The second kappa shape index (κ2) is 7.23. The highest BCUT2D eigenvalue weighted by atomic mass is 32.2. The Kier molecular flexibility index (Phi) is 5.51. The standard InChI is InChI=1S/C16H17NO5S2/c1-8(2)13(15(20)21)17-14(19)12(24-16(17)23)7-9-4-5-10(18)11(6-9)22-3/h4-8,13,18H,1-3H3,(H,20,21)/p-1. The van der Waals surface area contributed by atoms with Crippen molar-refractivity contribution in [3.63, 3.8) is 0 Å². The van der Waals surface area contributed by atoms with E-state index < -0.39 is 17.9 Å². The van der Waals surface area contributed by atoms with Crippen LogP contribution in [0.5, 0.6) is 11.5 Å². The molecule has 6 nitrogen and oxygen atoms in total. The number of carbonyl (C=O) groups excluding carboxylic acids is 2. The minimum absolute atomic E-state index is 0.0148. The number of methoxy groups -OCH3 is 1. The van der Waals surface area contributed by atoms with Gasteiger partial charge in [0, 0.05) is 0 Å². The number of rotatable bonds is 5. The van der Waals surface area contributed by atoms with E-state index in [1.54, 1.807) is 32.1 Å². The Balaban J connectivity index is 2.36. The summed E-state index contributed by atoms with van der Waals surface area (Å²) < 4.78 is 5.21. The Morgan fingerprint density at radius 3 is 2.67 bits per heavy atom. The summed E-state index contributed by atoms with van der Waals surface area (Å²) in [6.45, 7) is 3.38. The van der Waals surface area contributed by atoms with Crippen LogP contribution in [0.3, 0.4) is 0 Å². The first-order valence-electron chi connectivity index (χ1n) is 7.11. The number of hydrogen-bond acceptors (Lipinski definition) is 7. The van der Waals surface area contributed by atoms with Crippen LogP contribution in [0.2, 0.25) is 0 Å². The summed E-state index contributed by atoms with van der Waals surface area (Å²) >= 11 is 6.20. The number of amides is 1. The van der Waals surface area contributed by atoms with Crippen molar-refractivity contribution in [3.05, 3.63) is 28.7 Å². The SMILES string of the molecule is COc1cc(C=C2SC(=S)N(C(C(=O)[O-])C(C)C)C2=O)ccc1O. The maximum absolute atomic E-state index is 12.6. The van der Waals surface area contributed by atoms with Crippen LogP contribution in [-0.4, -0.2) is 39.4 Å². The van der Waals surface area contributed by atoms with Crippen molar-refractivity contribution >= 4 is 46.3 Å². The molecule has 128 valence electrons. The molecule has 1 fully saturated rings. The zero-order chi connectivity index (χ0) is 18.0. The van der Waals surface area contributed by atoms with Crippen LogP contribution in [-0.2, 0) is 9.59 Å². The molecule has 1 aromatic carbocycles. The molecule has 1 atom stereocenters. The molecule has 8 heteroatoms. The molecule has 1 amide bonds. The van der Waals surface area contributed by atoms with Gasteiger partial charge < -0.3 is 19.7 Å². The minimum Gasteiger partial charge on any atom is -0.548 e. The summed E-state index contributed by atoms with van der Waals surface area (Å²) in [5.74, 6) is -1.90. The Morgan fingerprint density at radius 2 is 2.12 bits per heavy atom. The summed E-state index contributed by atoms with van der Waals surface area (Å²) in [6, 6.07) is 3.52. The summed E-state index contributed by atoms with van der Waals surface area (Å²) in [7, 11) is 1.42. The molecule has 1 unspecified atom stereocenters. The van der Waals surface area contributed by atoms with Gasteiger partial charge in [0.05, 0.1) is 24.0 Å². The molecular weight excluding hydrogens is 350 g/mol. The second-order valence-electron chi connectivity index (χ2n) is 5.49. The Bertz CT molecular complexity index is 729. The van der Waals surface area contributed by atoms with E-state index in [9.17, 15) is 19.8 Å². The van der Waals surface area contributed by atoms with Gasteiger partial charge in [-0.15, -0.1) is 0 Å². The maximum atomic E-state index is 12.6. The normalized spacial score (nSPS) is 17.7. The molecule has 1 aliphatic heterocycles. The number of aromatic hydroxyl groups is 1. The first-order chi connectivity index (χ1) is 11.3. The van der Waals surface area contributed by atoms with Gasteiger partial charge in [0.25, 0.3) is 5.91 Å². The molecule has 0 aromatic heterocycles. The highest BCUT2D eigenvalue weighted by molar-refractivity contribution is 8.26. The number of carboxylic acids is 1. The van der Waals surface area contributed by atoms with E-state index in [0.29, 0.717) is 10.5 Å². The fraction of sp³-hybridized carbons (Fsp3) is 0.312. The summed E-state index contributed by atoms with van der Waals surface area (Å²) in [6.07, 6.45) is 1.58. The number of nitrogens with zero attached hydrogens (tertiary/aromatic N) is 1. The highest BCUT2D eigenvalue weighted by Gasteiger charge is 2.39. The van der Waals surface area contributed by atoms with E-state index in [1.807, 2.05) is 0 Å². The van der Waals surface area contributed by atoms with Crippen molar-refractivity contribution in [1.29, 1.82) is 0 Å². The van der Waals surface area contributed by atoms with Crippen molar-refractivity contribution in [3.8, 4) is 11.5 Å². The van der Waals surface area contributed by atoms with E-state index in [2.05, 4.69) is 0 Å². The van der Waals surface area contributed by atoms with Gasteiger partial charge in [0.2, 0.25) is 0 Å². The molecule has 24 heavy (non-hydrogen) atoms. The predicted molar refractivity (Wildman–Crippen MR) is 93.3 cm³/mol. The topological polar surface area (TPSA) is 89.9 Å². The fourth-order valence-electron chi connectivity index (χ4n) is 2.33. The molecule has 1 aromatic rings. The number of carbonyl (C=O) groups is 2. The fourth-order valence-corrected chi connectivity index (χ4v) is 3.66. The lowest BCUT2D eigenvalue weighted by Gasteiger charge is -2.30. The van der Waals surface area contributed by atoms with Crippen LogP contribution in [0.1, 0.15) is 19.4 Å². The molecule has 0 aliphatic carbocycles. The minimum atomic E-state index is -1.34. The van der Waals surface area contributed by atoms with E-state index >= 15 is 0 Å². The largest absolute Gasteiger partial charge is 0.548 e. The first kappa shape index (κ1) is 18.3. The van der Waals surface area contributed by atoms with Crippen LogP contribution in [0, 0.1) is 5.92 Å². The third-order valence-electron chi connectivity index (χ3n) is 3.48. The number of carboxylic acid groups (broad SMARTS) is 1. The van der Waals surface area contributed by atoms with Crippen molar-refractivity contribution in [2.75, 3.05) is 7.11 Å². The Hall–Kier alpha value is -2.06. The number of ether oxygens (including phenoxy) is 1. The summed E-state index contributed by atoms with van der Waals surface area (Å²) in [5, 5.41) is 21.0. The molecule has 0 bridgehead atoms. The van der Waals surface area contributed by atoms with Gasteiger partial charge in [-0.05, 0) is 29.7 Å². The average molecular weight is 366 g/mol. The molecular formula is C16H16NO5S2-. The van der Waals surface area contributed by atoms with Gasteiger partial charge in [-0.3, -0.25) is 9.69 Å². The van der Waals surface area contributed by atoms with Gasteiger partial charge in [0.15, 0.2) is 11.5 Å². The highest BCUT2D eigenvalue weighted by Crippen LogP contribution is 2.36. The van der Waals surface area contributed by atoms with Crippen molar-refractivity contribution in [2.45, 2.75) is 19.9 Å². The monoisotopic (exact) mass is 366 g/mol. The second-order valence-corrected chi connectivity index (χ2v) is 7.17. The molecule has 1 aliphatic rings. The number of aliphatic carboxylic acids is 1. The van der Waals surface area contributed by atoms with Gasteiger partial charge in [-0.25, -0.2) is 0 Å². The molecule has 0 saturated carbocycles. The van der Waals surface area contributed by atoms with Crippen LogP contribution in [0.15, 0.2) is 23.1 Å². The molecule has 0 radical (unpaired) electrons. The van der Waals surface area contributed by atoms with Crippen molar-refractivity contribution in [1.82, 2.24) is 4.90 Å². The number of benzene rings is 1. The van der Waals surface area contributed by atoms with Gasteiger partial charge in [0.1, 0.15) is 4.32 Å².